The van der Waals surface area contributed by atoms with E-state index in [1.807, 2.05) is 0 Å². The highest BCUT2D eigenvalue weighted by Gasteiger charge is 2.39. The average molecular weight is 251 g/mol. The standard InChI is InChI=1S/C16H29NO/c17-16(10-2-5-15-6-3-11-18-15)9-1-4-14(12-16)13-7-8-13/h13-15H,1-12,17H2. The maximum absolute atomic E-state index is 6.66. The van der Waals surface area contributed by atoms with Crippen LogP contribution in [0.3, 0.4) is 0 Å². The first-order valence-electron chi connectivity index (χ1n) is 8.16. The van der Waals surface area contributed by atoms with E-state index in [0.29, 0.717) is 6.10 Å². The van der Waals surface area contributed by atoms with Crippen LogP contribution in [-0.2, 0) is 4.74 Å². The Kier molecular flexibility index (Phi) is 3.95. The summed E-state index contributed by atoms with van der Waals surface area (Å²) in [4.78, 5) is 0. The topological polar surface area (TPSA) is 35.2 Å². The highest BCUT2D eigenvalue weighted by molar-refractivity contribution is 4.95. The Morgan fingerprint density at radius 1 is 1.06 bits per heavy atom. The van der Waals surface area contributed by atoms with Crippen molar-refractivity contribution in [3.8, 4) is 0 Å². The summed E-state index contributed by atoms with van der Waals surface area (Å²) in [6, 6.07) is 0. The smallest absolute Gasteiger partial charge is 0.0576 e. The molecule has 1 saturated heterocycles. The molecule has 2 aliphatic carbocycles. The minimum atomic E-state index is 0.171. The summed E-state index contributed by atoms with van der Waals surface area (Å²) in [6.45, 7) is 0.988. The van der Waals surface area contributed by atoms with Crippen LogP contribution in [0.15, 0.2) is 0 Å². The second-order valence-corrected chi connectivity index (χ2v) is 7.08. The predicted molar refractivity (Wildman–Crippen MR) is 74.4 cm³/mol. The van der Waals surface area contributed by atoms with Crippen LogP contribution < -0.4 is 5.73 Å². The van der Waals surface area contributed by atoms with Crippen molar-refractivity contribution in [3.63, 3.8) is 0 Å². The summed E-state index contributed by atoms with van der Waals surface area (Å²) in [5.74, 6) is 2.01. The molecular weight excluding hydrogens is 222 g/mol. The van der Waals surface area contributed by atoms with Crippen LogP contribution in [0.5, 0.6) is 0 Å². The zero-order chi connectivity index (χ0) is 12.4. The molecule has 0 aromatic carbocycles. The number of hydrogen-bond donors (Lipinski definition) is 1. The molecule has 3 unspecified atom stereocenters. The van der Waals surface area contributed by atoms with E-state index < -0.39 is 0 Å². The van der Waals surface area contributed by atoms with E-state index in [9.17, 15) is 0 Å². The van der Waals surface area contributed by atoms with Gasteiger partial charge >= 0.3 is 0 Å². The van der Waals surface area contributed by atoms with E-state index in [0.717, 1.165) is 18.4 Å². The lowest BCUT2D eigenvalue weighted by Gasteiger charge is -2.38. The van der Waals surface area contributed by atoms with Crippen LogP contribution in [0.1, 0.15) is 70.6 Å². The lowest BCUT2D eigenvalue weighted by molar-refractivity contribution is 0.0972. The predicted octanol–water partition coefficient (Wildman–Crippen LogP) is 3.63. The summed E-state index contributed by atoms with van der Waals surface area (Å²) < 4.78 is 5.70. The van der Waals surface area contributed by atoms with Crippen molar-refractivity contribution in [2.24, 2.45) is 17.6 Å². The fourth-order valence-corrected chi connectivity index (χ4v) is 4.19. The number of hydrogen-bond acceptors (Lipinski definition) is 2. The van der Waals surface area contributed by atoms with Crippen molar-refractivity contribution in [1.82, 2.24) is 0 Å². The molecule has 2 N–H and O–H groups in total. The number of nitrogens with two attached hydrogens (primary N) is 1. The average Bonchev–Trinajstić information content (AvgIpc) is 3.08. The monoisotopic (exact) mass is 251 g/mol. The van der Waals surface area contributed by atoms with Crippen LogP contribution in [-0.4, -0.2) is 18.2 Å². The van der Waals surface area contributed by atoms with E-state index in [1.165, 1.54) is 70.6 Å². The van der Waals surface area contributed by atoms with Gasteiger partial charge in [0.05, 0.1) is 6.10 Å². The normalized spacial score (nSPS) is 41.2. The molecule has 0 bridgehead atoms. The van der Waals surface area contributed by atoms with Gasteiger partial charge in [0.15, 0.2) is 0 Å². The summed E-state index contributed by atoms with van der Waals surface area (Å²) in [5, 5.41) is 0. The number of rotatable bonds is 5. The summed E-state index contributed by atoms with van der Waals surface area (Å²) in [5.41, 5.74) is 6.83. The van der Waals surface area contributed by atoms with Crippen molar-refractivity contribution in [2.75, 3.05) is 6.61 Å². The summed E-state index contributed by atoms with van der Waals surface area (Å²) >= 11 is 0. The maximum atomic E-state index is 6.66. The Balaban J connectivity index is 1.41. The van der Waals surface area contributed by atoms with E-state index in [2.05, 4.69) is 0 Å². The highest BCUT2D eigenvalue weighted by atomic mass is 16.5. The lowest BCUT2D eigenvalue weighted by atomic mass is 9.72. The van der Waals surface area contributed by atoms with Crippen LogP contribution in [0.2, 0.25) is 0 Å². The zero-order valence-electron chi connectivity index (χ0n) is 11.7. The molecule has 3 fully saturated rings. The van der Waals surface area contributed by atoms with Gasteiger partial charge in [0.2, 0.25) is 0 Å². The first kappa shape index (κ1) is 12.9. The molecule has 2 saturated carbocycles. The fourth-order valence-electron chi connectivity index (χ4n) is 4.19. The molecule has 1 heterocycles. The zero-order valence-corrected chi connectivity index (χ0v) is 11.7. The number of ether oxygens (including phenoxy) is 1. The van der Waals surface area contributed by atoms with Gasteiger partial charge in [-0.2, -0.15) is 0 Å². The molecule has 0 aromatic rings. The van der Waals surface area contributed by atoms with Gasteiger partial charge in [-0.15, -0.1) is 0 Å². The molecule has 104 valence electrons. The fraction of sp³-hybridized carbons (Fsp3) is 1.00. The van der Waals surface area contributed by atoms with E-state index in [1.54, 1.807) is 0 Å². The Bertz CT molecular complexity index is 270. The second-order valence-electron chi connectivity index (χ2n) is 7.08. The maximum Gasteiger partial charge on any atom is 0.0576 e. The van der Waals surface area contributed by atoms with Crippen molar-refractivity contribution in [1.29, 1.82) is 0 Å². The van der Waals surface area contributed by atoms with Gasteiger partial charge in [0.25, 0.3) is 0 Å². The molecule has 3 rings (SSSR count). The molecule has 0 radical (unpaired) electrons. The van der Waals surface area contributed by atoms with Crippen molar-refractivity contribution < 1.29 is 4.74 Å². The van der Waals surface area contributed by atoms with Crippen LogP contribution >= 0.6 is 0 Å². The van der Waals surface area contributed by atoms with Crippen molar-refractivity contribution >= 4 is 0 Å². The largest absolute Gasteiger partial charge is 0.378 e. The third kappa shape index (κ3) is 3.27. The van der Waals surface area contributed by atoms with Crippen LogP contribution in [0.4, 0.5) is 0 Å². The van der Waals surface area contributed by atoms with Gasteiger partial charge in [-0.25, -0.2) is 0 Å². The first-order valence-corrected chi connectivity index (χ1v) is 8.16. The molecule has 1 aliphatic heterocycles. The lowest BCUT2D eigenvalue weighted by Crippen LogP contribution is -2.44. The quantitative estimate of drug-likeness (QED) is 0.809. The molecule has 0 spiro atoms. The summed E-state index contributed by atoms with van der Waals surface area (Å²) in [6.07, 6.45) is 15.2. The molecule has 0 aromatic heterocycles. The van der Waals surface area contributed by atoms with Crippen LogP contribution in [0, 0.1) is 11.8 Å². The third-order valence-electron chi connectivity index (χ3n) is 5.43. The third-order valence-corrected chi connectivity index (χ3v) is 5.43. The first-order chi connectivity index (χ1) is 8.75. The Morgan fingerprint density at radius 2 is 1.94 bits per heavy atom. The minimum Gasteiger partial charge on any atom is -0.378 e. The molecule has 2 heteroatoms. The molecule has 0 amide bonds. The van der Waals surface area contributed by atoms with E-state index >= 15 is 0 Å². The van der Waals surface area contributed by atoms with Gasteiger partial charge in [-0.1, -0.05) is 12.8 Å². The van der Waals surface area contributed by atoms with E-state index in [-0.39, 0.29) is 5.54 Å². The second kappa shape index (κ2) is 5.50. The molecular formula is C16H29NO. The van der Waals surface area contributed by atoms with Crippen LogP contribution in [0.25, 0.3) is 0 Å². The Labute approximate surface area is 112 Å². The molecule has 3 aliphatic rings. The van der Waals surface area contributed by atoms with Gasteiger partial charge in [0.1, 0.15) is 0 Å². The molecule has 18 heavy (non-hydrogen) atoms. The molecule has 3 atom stereocenters. The van der Waals surface area contributed by atoms with Gasteiger partial charge < -0.3 is 10.5 Å². The van der Waals surface area contributed by atoms with E-state index in [4.69, 9.17) is 10.5 Å². The SMILES string of the molecule is NC1(CCCC2CCCO2)CCCC(C2CC2)C1. The van der Waals surface area contributed by atoms with Crippen molar-refractivity contribution in [3.05, 3.63) is 0 Å². The minimum absolute atomic E-state index is 0.171. The highest BCUT2D eigenvalue weighted by Crippen LogP contribution is 2.47. The Morgan fingerprint density at radius 3 is 2.67 bits per heavy atom. The van der Waals surface area contributed by atoms with Gasteiger partial charge in [-0.05, 0) is 69.6 Å². The molecule has 2 nitrogen and oxygen atoms in total. The van der Waals surface area contributed by atoms with Gasteiger partial charge in [-0.3, -0.25) is 0 Å². The van der Waals surface area contributed by atoms with Crippen molar-refractivity contribution in [2.45, 2.75) is 82.3 Å². The summed E-state index contributed by atoms with van der Waals surface area (Å²) in [7, 11) is 0. The Hall–Kier alpha value is -0.0800. The van der Waals surface area contributed by atoms with Gasteiger partial charge in [0, 0.05) is 12.1 Å².